The summed E-state index contributed by atoms with van der Waals surface area (Å²) < 4.78 is 13.8. The van der Waals surface area contributed by atoms with Gasteiger partial charge in [-0.25, -0.2) is 9.37 Å². The molecular formula is C13H15ClFN3. The van der Waals surface area contributed by atoms with Crippen LogP contribution >= 0.6 is 11.6 Å². The predicted molar refractivity (Wildman–Crippen MR) is 67.6 cm³/mol. The van der Waals surface area contributed by atoms with Crippen molar-refractivity contribution in [2.75, 3.05) is 0 Å². The quantitative estimate of drug-likeness (QED) is 0.838. The maximum Gasteiger partial charge on any atom is 0.147 e. The van der Waals surface area contributed by atoms with E-state index in [2.05, 4.69) is 4.98 Å². The molecule has 0 amide bonds. The highest BCUT2D eigenvalue weighted by atomic mass is 35.5. The van der Waals surface area contributed by atoms with E-state index in [0.717, 1.165) is 31.7 Å². The molecule has 1 heterocycles. The van der Waals surface area contributed by atoms with Gasteiger partial charge in [0.05, 0.1) is 11.3 Å². The SMILES string of the molecule is N#Cc1cc(F)c(C[C@H]2CCC[C@@H](N)C2)nc1Cl. The van der Waals surface area contributed by atoms with Crippen molar-refractivity contribution in [3.8, 4) is 6.07 Å². The number of halogens is 2. The smallest absolute Gasteiger partial charge is 0.147 e. The highest BCUT2D eigenvalue weighted by Gasteiger charge is 2.22. The van der Waals surface area contributed by atoms with Crippen LogP contribution in [0.3, 0.4) is 0 Å². The summed E-state index contributed by atoms with van der Waals surface area (Å²) in [6, 6.07) is 3.19. The number of nitrogens with zero attached hydrogens (tertiary/aromatic N) is 2. The van der Waals surface area contributed by atoms with Crippen LogP contribution in [0.1, 0.15) is 36.9 Å². The van der Waals surface area contributed by atoms with E-state index in [0.29, 0.717) is 18.0 Å². The van der Waals surface area contributed by atoms with Crippen molar-refractivity contribution in [2.45, 2.75) is 38.1 Å². The fourth-order valence-electron chi connectivity index (χ4n) is 2.51. The second-order valence-electron chi connectivity index (χ2n) is 4.86. The normalized spacial score (nSPS) is 23.7. The van der Waals surface area contributed by atoms with Crippen molar-refractivity contribution >= 4 is 11.6 Å². The third kappa shape index (κ3) is 2.98. The van der Waals surface area contributed by atoms with Gasteiger partial charge in [-0.05, 0) is 37.7 Å². The lowest BCUT2D eigenvalue weighted by Gasteiger charge is -2.26. The molecule has 96 valence electrons. The molecule has 0 saturated heterocycles. The molecule has 3 nitrogen and oxygen atoms in total. The van der Waals surface area contributed by atoms with Gasteiger partial charge in [-0.3, -0.25) is 0 Å². The Kier molecular flexibility index (Phi) is 4.15. The van der Waals surface area contributed by atoms with E-state index >= 15 is 0 Å². The molecule has 1 aliphatic carbocycles. The summed E-state index contributed by atoms with van der Waals surface area (Å²) in [5.74, 6) is -0.0881. The number of pyridine rings is 1. The van der Waals surface area contributed by atoms with Gasteiger partial charge in [0.25, 0.3) is 0 Å². The van der Waals surface area contributed by atoms with Crippen molar-refractivity contribution in [1.29, 1.82) is 5.26 Å². The Labute approximate surface area is 111 Å². The number of aromatic nitrogens is 1. The van der Waals surface area contributed by atoms with Crippen molar-refractivity contribution in [3.63, 3.8) is 0 Å². The van der Waals surface area contributed by atoms with Crippen molar-refractivity contribution in [2.24, 2.45) is 11.7 Å². The van der Waals surface area contributed by atoms with Gasteiger partial charge in [-0.2, -0.15) is 5.26 Å². The van der Waals surface area contributed by atoms with Crippen LogP contribution < -0.4 is 5.73 Å². The van der Waals surface area contributed by atoms with Crippen LogP contribution in [0.2, 0.25) is 5.15 Å². The van der Waals surface area contributed by atoms with Crippen LogP contribution in [0.15, 0.2) is 6.07 Å². The van der Waals surface area contributed by atoms with Crippen molar-refractivity contribution in [3.05, 3.63) is 28.3 Å². The zero-order valence-electron chi connectivity index (χ0n) is 10.00. The van der Waals surface area contributed by atoms with E-state index in [1.807, 2.05) is 6.07 Å². The van der Waals surface area contributed by atoms with Gasteiger partial charge in [0.1, 0.15) is 17.0 Å². The van der Waals surface area contributed by atoms with Gasteiger partial charge < -0.3 is 5.73 Å². The number of rotatable bonds is 2. The molecule has 0 aromatic carbocycles. The minimum absolute atomic E-state index is 0.0778. The number of nitriles is 1. The lowest BCUT2D eigenvalue weighted by Crippen LogP contribution is -2.29. The van der Waals surface area contributed by atoms with E-state index in [9.17, 15) is 4.39 Å². The molecule has 0 unspecified atom stereocenters. The minimum Gasteiger partial charge on any atom is -0.328 e. The minimum atomic E-state index is -0.449. The van der Waals surface area contributed by atoms with Crippen LogP contribution in [0.25, 0.3) is 0 Å². The fraction of sp³-hybridized carbons (Fsp3) is 0.538. The first-order valence-electron chi connectivity index (χ1n) is 6.10. The molecule has 2 N–H and O–H groups in total. The molecule has 0 radical (unpaired) electrons. The third-order valence-electron chi connectivity index (χ3n) is 3.43. The lowest BCUT2D eigenvalue weighted by molar-refractivity contribution is 0.316. The Morgan fingerprint density at radius 1 is 1.56 bits per heavy atom. The monoisotopic (exact) mass is 267 g/mol. The number of hydrogen-bond donors (Lipinski definition) is 1. The van der Waals surface area contributed by atoms with E-state index in [1.54, 1.807) is 0 Å². The molecule has 1 aromatic rings. The summed E-state index contributed by atoms with van der Waals surface area (Å²) in [5.41, 5.74) is 6.34. The predicted octanol–water partition coefficient (Wildman–Crippen LogP) is 2.81. The summed E-state index contributed by atoms with van der Waals surface area (Å²) in [6.45, 7) is 0. The Balaban J connectivity index is 2.14. The average Bonchev–Trinajstić information content (AvgIpc) is 2.33. The van der Waals surface area contributed by atoms with Gasteiger partial charge in [0, 0.05) is 6.04 Å². The molecule has 0 spiro atoms. The second-order valence-corrected chi connectivity index (χ2v) is 5.22. The molecule has 1 fully saturated rings. The Hall–Kier alpha value is -1.18. The molecule has 1 saturated carbocycles. The van der Waals surface area contributed by atoms with Gasteiger partial charge in [0.15, 0.2) is 0 Å². The fourth-order valence-corrected chi connectivity index (χ4v) is 2.71. The first-order valence-corrected chi connectivity index (χ1v) is 6.48. The van der Waals surface area contributed by atoms with Crippen LogP contribution in [-0.4, -0.2) is 11.0 Å². The highest BCUT2D eigenvalue weighted by Crippen LogP contribution is 2.27. The summed E-state index contributed by atoms with van der Waals surface area (Å²) in [6.07, 6.45) is 4.62. The van der Waals surface area contributed by atoms with E-state index in [1.165, 1.54) is 0 Å². The zero-order valence-corrected chi connectivity index (χ0v) is 10.8. The van der Waals surface area contributed by atoms with Crippen LogP contribution in [0, 0.1) is 23.1 Å². The molecule has 1 aliphatic rings. The molecule has 18 heavy (non-hydrogen) atoms. The molecule has 0 aliphatic heterocycles. The Morgan fingerprint density at radius 2 is 2.33 bits per heavy atom. The number of hydrogen-bond acceptors (Lipinski definition) is 3. The van der Waals surface area contributed by atoms with Crippen LogP contribution in [-0.2, 0) is 6.42 Å². The first kappa shape index (κ1) is 13.3. The molecular weight excluding hydrogens is 253 g/mol. The molecule has 5 heteroatoms. The van der Waals surface area contributed by atoms with E-state index in [-0.39, 0.29) is 16.8 Å². The molecule has 1 aromatic heterocycles. The van der Waals surface area contributed by atoms with Gasteiger partial charge >= 0.3 is 0 Å². The highest BCUT2D eigenvalue weighted by molar-refractivity contribution is 6.30. The Bertz CT molecular complexity index is 484. The van der Waals surface area contributed by atoms with E-state index < -0.39 is 5.82 Å². The summed E-state index contributed by atoms with van der Waals surface area (Å²) in [4.78, 5) is 3.99. The largest absolute Gasteiger partial charge is 0.328 e. The summed E-state index contributed by atoms with van der Waals surface area (Å²) in [7, 11) is 0. The number of nitrogens with two attached hydrogens (primary N) is 1. The summed E-state index contributed by atoms with van der Waals surface area (Å²) >= 11 is 5.82. The zero-order chi connectivity index (χ0) is 13.1. The summed E-state index contributed by atoms with van der Waals surface area (Å²) in [5, 5.41) is 8.81. The third-order valence-corrected chi connectivity index (χ3v) is 3.72. The maximum atomic E-state index is 13.8. The maximum absolute atomic E-state index is 13.8. The van der Waals surface area contributed by atoms with Crippen molar-refractivity contribution < 1.29 is 4.39 Å². The van der Waals surface area contributed by atoms with Crippen molar-refractivity contribution in [1.82, 2.24) is 4.98 Å². The standard InChI is InChI=1S/C13H15ClFN3/c14-13-9(7-16)6-11(15)12(18-13)5-8-2-1-3-10(17)4-8/h6,8,10H,1-5,17H2/t8-,10+/m0/s1. The molecule has 2 rings (SSSR count). The first-order chi connectivity index (χ1) is 8.60. The second kappa shape index (κ2) is 5.64. The van der Waals surface area contributed by atoms with Gasteiger partial charge in [0.2, 0.25) is 0 Å². The van der Waals surface area contributed by atoms with Crippen LogP contribution in [0.5, 0.6) is 0 Å². The van der Waals surface area contributed by atoms with Gasteiger partial charge in [-0.15, -0.1) is 0 Å². The van der Waals surface area contributed by atoms with Gasteiger partial charge in [-0.1, -0.05) is 18.0 Å². The van der Waals surface area contributed by atoms with E-state index in [4.69, 9.17) is 22.6 Å². The average molecular weight is 268 g/mol. The Morgan fingerprint density at radius 3 is 3.00 bits per heavy atom. The van der Waals surface area contributed by atoms with Crippen LogP contribution in [0.4, 0.5) is 4.39 Å². The lowest BCUT2D eigenvalue weighted by atomic mass is 9.83. The molecule has 0 bridgehead atoms. The topological polar surface area (TPSA) is 62.7 Å². The molecule has 2 atom stereocenters.